The summed E-state index contributed by atoms with van der Waals surface area (Å²) in [6, 6.07) is 19.4. The van der Waals surface area contributed by atoms with Crippen molar-refractivity contribution in [2.75, 3.05) is 23.9 Å². The van der Waals surface area contributed by atoms with E-state index in [0.29, 0.717) is 45.6 Å². The molecular weight excluding hydrogens is 440 g/mol. The Kier molecular flexibility index (Phi) is 6.38. The summed E-state index contributed by atoms with van der Waals surface area (Å²) >= 11 is 6.29. The van der Waals surface area contributed by atoms with Crippen molar-refractivity contribution in [3.63, 3.8) is 0 Å². The van der Waals surface area contributed by atoms with E-state index in [1.165, 1.54) is 7.11 Å². The third kappa shape index (κ3) is 4.17. The zero-order valence-corrected chi connectivity index (χ0v) is 19.3. The van der Waals surface area contributed by atoms with Gasteiger partial charge in [-0.2, -0.15) is 0 Å². The lowest BCUT2D eigenvalue weighted by Gasteiger charge is -2.18. The van der Waals surface area contributed by atoms with Crippen LogP contribution in [-0.2, 0) is 9.59 Å². The molecule has 0 saturated heterocycles. The second-order valence-corrected chi connectivity index (χ2v) is 7.77. The van der Waals surface area contributed by atoms with Crippen molar-refractivity contribution in [3.05, 3.63) is 88.6 Å². The van der Waals surface area contributed by atoms with Crippen LogP contribution in [0.15, 0.2) is 72.4 Å². The van der Waals surface area contributed by atoms with Crippen LogP contribution >= 0.6 is 11.6 Å². The number of nitrogens with zero attached hydrogens (tertiary/aromatic N) is 1. The Morgan fingerprint density at radius 2 is 1.67 bits per heavy atom. The molecule has 0 radical (unpaired) electrons. The highest BCUT2D eigenvalue weighted by Gasteiger charge is 2.41. The van der Waals surface area contributed by atoms with Crippen molar-refractivity contribution in [1.82, 2.24) is 0 Å². The standard InChI is InChI=1S/C26H23ClN2O4/c1-4-33-18-14-12-17(13-15-18)28-24-23(19-8-5-6-11-22(19)32-3)25(30)29(26(24)31)21-10-7-9-20(27)16(21)2/h5-15,28H,4H2,1-3H3. The number of benzene rings is 3. The number of anilines is 2. The van der Waals surface area contributed by atoms with E-state index in [1.807, 2.05) is 13.0 Å². The first-order valence-electron chi connectivity index (χ1n) is 10.5. The van der Waals surface area contributed by atoms with E-state index in [2.05, 4.69) is 5.32 Å². The maximum Gasteiger partial charge on any atom is 0.282 e. The first kappa shape index (κ1) is 22.4. The van der Waals surface area contributed by atoms with Gasteiger partial charge in [-0.1, -0.05) is 35.9 Å². The number of carbonyl (C=O) groups excluding carboxylic acids is 2. The molecule has 0 fully saturated rings. The first-order valence-corrected chi connectivity index (χ1v) is 10.9. The SMILES string of the molecule is CCOc1ccc(NC2=C(c3ccccc3OC)C(=O)N(c3cccc(Cl)c3C)C2=O)cc1. The molecular formula is C26H23ClN2O4. The molecule has 7 heteroatoms. The Morgan fingerprint density at radius 3 is 2.36 bits per heavy atom. The molecule has 0 aromatic heterocycles. The summed E-state index contributed by atoms with van der Waals surface area (Å²) in [7, 11) is 1.53. The third-order valence-corrected chi connectivity index (χ3v) is 5.78. The maximum absolute atomic E-state index is 13.7. The number of hydrogen-bond donors (Lipinski definition) is 1. The molecule has 3 aromatic carbocycles. The summed E-state index contributed by atoms with van der Waals surface area (Å²) in [6.45, 7) is 4.24. The molecule has 1 heterocycles. The minimum absolute atomic E-state index is 0.160. The topological polar surface area (TPSA) is 67.9 Å². The fourth-order valence-corrected chi connectivity index (χ4v) is 3.92. The van der Waals surface area contributed by atoms with E-state index in [4.69, 9.17) is 21.1 Å². The maximum atomic E-state index is 13.7. The molecule has 6 nitrogen and oxygen atoms in total. The molecule has 0 bridgehead atoms. The van der Waals surface area contributed by atoms with Crippen molar-refractivity contribution in [1.29, 1.82) is 0 Å². The summed E-state index contributed by atoms with van der Waals surface area (Å²) < 4.78 is 11.0. The molecule has 1 aliphatic rings. The van der Waals surface area contributed by atoms with Gasteiger partial charge in [0.05, 0.1) is 25.0 Å². The average molecular weight is 463 g/mol. The minimum Gasteiger partial charge on any atom is -0.496 e. The number of ether oxygens (including phenoxy) is 2. The van der Waals surface area contributed by atoms with Crippen LogP contribution in [0.4, 0.5) is 11.4 Å². The molecule has 0 saturated carbocycles. The van der Waals surface area contributed by atoms with Crippen molar-refractivity contribution >= 4 is 40.4 Å². The van der Waals surface area contributed by atoms with Crippen LogP contribution in [0.5, 0.6) is 11.5 Å². The average Bonchev–Trinajstić information content (AvgIpc) is 3.06. The summed E-state index contributed by atoms with van der Waals surface area (Å²) in [5.41, 5.74) is 2.63. The van der Waals surface area contributed by atoms with Crippen LogP contribution in [-0.4, -0.2) is 25.5 Å². The van der Waals surface area contributed by atoms with Gasteiger partial charge in [0.15, 0.2) is 0 Å². The van der Waals surface area contributed by atoms with E-state index in [9.17, 15) is 9.59 Å². The monoisotopic (exact) mass is 462 g/mol. The number of para-hydroxylation sites is 1. The van der Waals surface area contributed by atoms with Gasteiger partial charge >= 0.3 is 0 Å². The molecule has 4 rings (SSSR count). The molecule has 33 heavy (non-hydrogen) atoms. The zero-order chi connectivity index (χ0) is 23.5. The molecule has 2 amide bonds. The number of amides is 2. The predicted octanol–water partition coefficient (Wildman–Crippen LogP) is 5.45. The van der Waals surface area contributed by atoms with E-state index in [0.717, 1.165) is 4.90 Å². The number of imide groups is 1. The Balaban J connectivity index is 1.83. The number of methoxy groups -OCH3 is 1. The lowest BCUT2D eigenvalue weighted by atomic mass is 10.0. The molecule has 0 aliphatic carbocycles. The summed E-state index contributed by atoms with van der Waals surface area (Å²) in [6.07, 6.45) is 0. The summed E-state index contributed by atoms with van der Waals surface area (Å²) in [5.74, 6) is 0.278. The molecule has 0 unspecified atom stereocenters. The molecule has 1 N–H and O–H groups in total. The molecule has 0 atom stereocenters. The van der Waals surface area contributed by atoms with Gasteiger partial charge in [0.1, 0.15) is 17.2 Å². The zero-order valence-electron chi connectivity index (χ0n) is 18.5. The molecule has 1 aliphatic heterocycles. The molecule has 0 spiro atoms. The van der Waals surface area contributed by atoms with Crippen molar-refractivity contribution in [2.24, 2.45) is 0 Å². The highest BCUT2D eigenvalue weighted by molar-refractivity contribution is 6.47. The first-order chi connectivity index (χ1) is 16.0. The highest BCUT2D eigenvalue weighted by atomic mass is 35.5. The number of hydrogen-bond acceptors (Lipinski definition) is 5. The summed E-state index contributed by atoms with van der Waals surface area (Å²) in [4.78, 5) is 28.4. The molecule has 3 aromatic rings. The second-order valence-electron chi connectivity index (χ2n) is 7.36. The van der Waals surface area contributed by atoms with E-state index in [-0.39, 0.29) is 11.3 Å². The van der Waals surface area contributed by atoms with Gasteiger partial charge in [0.25, 0.3) is 11.8 Å². The number of rotatable bonds is 7. The molecule has 168 valence electrons. The predicted molar refractivity (Wildman–Crippen MR) is 130 cm³/mol. The van der Waals surface area contributed by atoms with Gasteiger partial charge in [-0.15, -0.1) is 0 Å². The fraction of sp³-hybridized carbons (Fsp3) is 0.154. The fourth-order valence-electron chi connectivity index (χ4n) is 3.75. The van der Waals surface area contributed by atoms with Crippen molar-refractivity contribution in [2.45, 2.75) is 13.8 Å². The Labute approximate surface area is 197 Å². The van der Waals surface area contributed by atoms with Crippen molar-refractivity contribution < 1.29 is 19.1 Å². The van der Waals surface area contributed by atoms with E-state index in [1.54, 1.807) is 67.6 Å². The Bertz CT molecular complexity index is 1250. The number of nitrogens with one attached hydrogen (secondary N) is 1. The van der Waals surface area contributed by atoms with Gasteiger partial charge in [-0.25, -0.2) is 4.90 Å². The van der Waals surface area contributed by atoms with Gasteiger partial charge in [0, 0.05) is 16.3 Å². The number of halogens is 1. The summed E-state index contributed by atoms with van der Waals surface area (Å²) in [5, 5.41) is 3.62. The van der Waals surface area contributed by atoms with Gasteiger partial charge in [0.2, 0.25) is 0 Å². The van der Waals surface area contributed by atoms with E-state index >= 15 is 0 Å². The van der Waals surface area contributed by atoms with Crippen molar-refractivity contribution in [3.8, 4) is 11.5 Å². The van der Waals surface area contributed by atoms with E-state index < -0.39 is 11.8 Å². The smallest absolute Gasteiger partial charge is 0.282 e. The highest BCUT2D eigenvalue weighted by Crippen LogP contribution is 2.39. The van der Waals surface area contributed by atoms with Crippen LogP contribution in [0.1, 0.15) is 18.1 Å². The Morgan fingerprint density at radius 1 is 0.939 bits per heavy atom. The van der Waals surface area contributed by atoms with Crippen LogP contribution in [0, 0.1) is 6.92 Å². The van der Waals surface area contributed by atoms with Gasteiger partial charge < -0.3 is 14.8 Å². The van der Waals surface area contributed by atoms with Gasteiger partial charge in [-0.3, -0.25) is 9.59 Å². The minimum atomic E-state index is -0.472. The number of carbonyl (C=O) groups is 2. The van der Waals surface area contributed by atoms with Crippen LogP contribution in [0.25, 0.3) is 5.57 Å². The normalized spacial score (nSPS) is 13.5. The lowest BCUT2D eigenvalue weighted by molar-refractivity contribution is -0.120. The second kappa shape index (κ2) is 9.38. The van der Waals surface area contributed by atoms with Crippen LogP contribution in [0.2, 0.25) is 5.02 Å². The lowest BCUT2D eigenvalue weighted by Crippen LogP contribution is -2.33. The third-order valence-electron chi connectivity index (χ3n) is 5.37. The van der Waals surface area contributed by atoms with Crippen LogP contribution in [0.3, 0.4) is 0 Å². The van der Waals surface area contributed by atoms with Crippen LogP contribution < -0.4 is 19.7 Å². The largest absolute Gasteiger partial charge is 0.496 e. The quantitative estimate of drug-likeness (QED) is 0.473. The van der Waals surface area contributed by atoms with Gasteiger partial charge in [-0.05, 0) is 61.9 Å². The Hall–Kier alpha value is -3.77.